The lowest BCUT2D eigenvalue weighted by molar-refractivity contribution is 0.417. The molecule has 1 aromatic carbocycles. The van der Waals surface area contributed by atoms with Crippen LogP contribution in [0, 0.1) is 0 Å². The van der Waals surface area contributed by atoms with Crippen molar-refractivity contribution in [3.8, 4) is 5.75 Å². The number of hydrogen-bond donors (Lipinski definition) is 3. The Morgan fingerprint density at radius 2 is 2.11 bits per heavy atom. The van der Waals surface area contributed by atoms with Gasteiger partial charge in [-0.15, -0.1) is 0 Å². The van der Waals surface area contributed by atoms with Gasteiger partial charge in [0.15, 0.2) is 0 Å². The first-order chi connectivity index (χ1) is 9.28. The molecule has 0 bridgehead atoms. The monoisotopic (exact) mass is 257 g/mol. The van der Waals surface area contributed by atoms with Gasteiger partial charge in [0.1, 0.15) is 11.6 Å². The van der Waals surface area contributed by atoms with E-state index in [0.29, 0.717) is 0 Å². The van der Waals surface area contributed by atoms with E-state index in [0.717, 1.165) is 41.6 Å². The van der Waals surface area contributed by atoms with E-state index in [2.05, 4.69) is 20.6 Å². The van der Waals surface area contributed by atoms with E-state index in [-0.39, 0.29) is 5.95 Å². The number of nitrogens with two attached hydrogens (primary N) is 1. The molecule has 6 nitrogen and oxygen atoms in total. The second-order valence-corrected chi connectivity index (χ2v) is 4.28. The number of nitrogens with zero attached hydrogens (tertiary/aromatic N) is 2. The van der Waals surface area contributed by atoms with E-state index in [9.17, 15) is 0 Å². The third kappa shape index (κ3) is 2.17. The van der Waals surface area contributed by atoms with E-state index < -0.39 is 0 Å². The van der Waals surface area contributed by atoms with Gasteiger partial charge in [0.05, 0.1) is 18.5 Å². The Morgan fingerprint density at radius 3 is 2.95 bits per heavy atom. The summed E-state index contributed by atoms with van der Waals surface area (Å²) in [4.78, 5) is 8.51. The number of ether oxygens (including phenoxy) is 1. The van der Waals surface area contributed by atoms with Crippen LogP contribution in [-0.4, -0.2) is 17.1 Å². The number of rotatable bonds is 3. The normalized spacial score (nSPS) is 13.1. The summed E-state index contributed by atoms with van der Waals surface area (Å²) in [6.45, 7) is 1.47. The first kappa shape index (κ1) is 11.7. The third-order valence-electron chi connectivity index (χ3n) is 3.06. The van der Waals surface area contributed by atoms with Crippen molar-refractivity contribution in [2.45, 2.75) is 13.1 Å². The van der Waals surface area contributed by atoms with Crippen LogP contribution < -0.4 is 21.1 Å². The van der Waals surface area contributed by atoms with Crippen molar-refractivity contribution in [3.05, 3.63) is 35.5 Å². The topological polar surface area (TPSA) is 85.1 Å². The highest BCUT2D eigenvalue weighted by Crippen LogP contribution is 2.30. The van der Waals surface area contributed by atoms with Gasteiger partial charge in [-0.05, 0) is 12.1 Å². The van der Waals surface area contributed by atoms with Crippen LogP contribution in [-0.2, 0) is 13.1 Å². The van der Waals surface area contributed by atoms with Gasteiger partial charge in [-0.1, -0.05) is 12.1 Å². The SMILES string of the molecule is COc1ccccc1Nc1nc(N)nc2c1CNC2. The second kappa shape index (κ2) is 4.74. The predicted octanol–water partition coefficient (Wildman–Crippen LogP) is 1.41. The van der Waals surface area contributed by atoms with Gasteiger partial charge in [0.2, 0.25) is 5.95 Å². The number of para-hydroxylation sites is 2. The molecule has 0 aliphatic carbocycles. The zero-order valence-electron chi connectivity index (χ0n) is 10.6. The van der Waals surface area contributed by atoms with E-state index in [4.69, 9.17) is 10.5 Å². The minimum absolute atomic E-state index is 0.278. The zero-order valence-corrected chi connectivity index (χ0v) is 10.6. The summed E-state index contributed by atoms with van der Waals surface area (Å²) in [6, 6.07) is 7.69. The lowest BCUT2D eigenvalue weighted by Gasteiger charge is -2.13. The molecule has 0 fully saturated rings. The Labute approximate surface area is 111 Å². The van der Waals surface area contributed by atoms with Crippen molar-refractivity contribution in [2.24, 2.45) is 0 Å². The summed E-state index contributed by atoms with van der Waals surface area (Å²) in [7, 11) is 1.64. The summed E-state index contributed by atoms with van der Waals surface area (Å²) in [5, 5.41) is 6.51. The van der Waals surface area contributed by atoms with Gasteiger partial charge < -0.3 is 21.1 Å². The van der Waals surface area contributed by atoms with Crippen molar-refractivity contribution in [2.75, 3.05) is 18.2 Å². The average molecular weight is 257 g/mol. The molecule has 6 heteroatoms. The van der Waals surface area contributed by atoms with Crippen LogP contribution in [0.25, 0.3) is 0 Å². The molecule has 0 unspecified atom stereocenters. The van der Waals surface area contributed by atoms with E-state index >= 15 is 0 Å². The van der Waals surface area contributed by atoms with Crippen LogP contribution in [0.5, 0.6) is 5.75 Å². The number of fused-ring (bicyclic) bond motifs is 1. The molecule has 0 spiro atoms. The summed E-state index contributed by atoms with van der Waals surface area (Å²) in [5.74, 6) is 1.77. The van der Waals surface area contributed by atoms with Gasteiger partial charge in [0.25, 0.3) is 0 Å². The minimum atomic E-state index is 0.278. The molecule has 19 heavy (non-hydrogen) atoms. The van der Waals surface area contributed by atoms with E-state index in [1.807, 2.05) is 24.3 Å². The van der Waals surface area contributed by atoms with Crippen molar-refractivity contribution >= 4 is 17.5 Å². The van der Waals surface area contributed by atoms with Crippen molar-refractivity contribution < 1.29 is 4.74 Å². The fourth-order valence-corrected chi connectivity index (χ4v) is 2.17. The minimum Gasteiger partial charge on any atom is -0.495 e. The molecule has 0 saturated heterocycles. The first-order valence-electron chi connectivity index (χ1n) is 6.04. The zero-order chi connectivity index (χ0) is 13.2. The maximum atomic E-state index is 5.73. The van der Waals surface area contributed by atoms with Crippen molar-refractivity contribution in [1.29, 1.82) is 0 Å². The van der Waals surface area contributed by atoms with E-state index in [1.54, 1.807) is 7.11 Å². The molecule has 1 aliphatic heterocycles. The number of nitrogen functional groups attached to an aromatic ring is 1. The second-order valence-electron chi connectivity index (χ2n) is 4.28. The number of benzene rings is 1. The smallest absolute Gasteiger partial charge is 0.222 e. The largest absolute Gasteiger partial charge is 0.495 e. The fourth-order valence-electron chi connectivity index (χ4n) is 2.17. The Morgan fingerprint density at radius 1 is 1.26 bits per heavy atom. The summed E-state index contributed by atoms with van der Waals surface area (Å²) in [5.41, 5.74) is 8.60. The Balaban J connectivity index is 2.00. The number of anilines is 3. The van der Waals surface area contributed by atoms with E-state index in [1.165, 1.54) is 0 Å². The highest BCUT2D eigenvalue weighted by molar-refractivity contribution is 5.67. The van der Waals surface area contributed by atoms with Crippen LogP contribution in [0.3, 0.4) is 0 Å². The number of hydrogen-bond acceptors (Lipinski definition) is 6. The van der Waals surface area contributed by atoms with Crippen LogP contribution in [0.2, 0.25) is 0 Å². The van der Waals surface area contributed by atoms with Gasteiger partial charge in [-0.2, -0.15) is 4.98 Å². The maximum Gasteiger partial charge on any atom is 0.222 e. The predicted molar refractivity (Wildman–Crippen MR) is 73.3 cm³/mol. The van der Waals surface area contributed by atoms with Crippen molar-refractivity contribution in [3.63, 3.8) is 0 Å². The average Bonchev–Trinajstić information content (AvgIpc) is 2.87. The lowest BCUT2D eigenvalue weighted by atomic mass is 10.2. The van der Waals surface area contributed by atoms with Crippen molar-refractivity contribution in [1.82, 2.24) is 15.3 Å². The molecule has 4 N–H and O–H groups in total. The highest BCUT2D eigenvalue weighted by Gasteiger charge is 2.18. The molecular weight excluding hydrogens is 242 g/mol. The number of aromatic nitrogens is 2. The summed E-state index contributed by atoms with van der Waals surface area (Å²) >= 11 is 0. The molecule has 1 aromatic heterocycles. The Hall–Kier alpha value is -2.34. The number of nitrogens with one attached hydrogen (secondary N) is 2. The highest BCUT2D eigenvalue weighted by atomic mass is 16.5. The summed E-state index contributed by atoms with van der Waals surface area (Å²) < 4.78 is 5.31. The van der Waals surface area contributed by atoms with Crippen LogP contribution in [0.15, 0.2) is 24.3 Å². The molecule has 0 amide bonds. The standard InChI is InChI=1S/C13H15N5O/c1-19-11-5-3-2-4-9(11)16-12-8-6-15-7-10(8)17-13(14)18-12/h2-5,15H,6-7H2,1H3,(H3,14,16,17,18). The molecule has 2 heterocycles. The van der Waals surface area contributed by atoms with Crippen LogP contribution in [0.1, 0.15) is 11.3 Å². The molecule has 0 atom stereocenters. The van der Waals surface area contributed by atoms with Crippen LogP contribution in [0.4, 0.5) is 17.5 Å². The maximum absolute atomic E-state index is 5.73. The van der Waals surface area contributed by atoms with Gasteiger partial charge >= 0.3 is 0 Å². The molecule has 98 valence electrons. The quantitative estimate of drug-likeness (QED) is 0.771. The first-order valence-corrected chi connectivity index (χ1v) is 6.04. The van der Waals surface area contributed by atoms with Gasteiger partial charge in [-0.25, -0.2) is 4.98 Å². The van der Waals surface area contributed by atoms with Gasteiger partial charge in [-0.3, -0.25) is 0 Å². The Kier molecular flexibility index (Phi) is 2.92. The number of methoxy groups -OCH3 is 1. The van der Waals surface area contributed by atoms with Crippen LogP contribution >= 0.6 is 0 Å². The molecule has 2 aromatic rings. The Bertz CT molecular complexity index is 614. The third-order valence-corrected chi connectivity index (χ3v) is 3.06. The molecule has 0 radical (unpaired) electrons. The fraction of sp³-hybridized carbons (Fsp3) is 0.231. The molecular formula is C13H15N5O. The molecule has 1 aliphatic rings. The lowest BCUT2D eigenvalue weighted by Crippen LogP contribution is -2.06. The molecule has 3 rings (SSSR count). The molecule has 0 saturated carbocycles. The van der Waals surface area contributed by atoms with Gasteiger partial charge in [0, 0.05) is 18.7 Å². The summed E-state index contributed by atoms with van der Waals surface area (Å²) in [6.07, 6.45) is 0.